The molecule has 0 unspecified atom stereocenters. The zero-order valence-corrected chi connectivity index (χ0v) is 17.7. The van der Waals surface area contributed by atoms with Gasteiger partial charge in [-0.2, -0.15) is 5.10 Å². The second-order valence-corrected chi connectivity index (χ2v) is 5.98. The monoisotopic (exact) mass is 455 g/mol. The first kappa shape index (κ1) is 21.5. The first-order chi connectivity index (χ1) is 11.7. The van der Waals surface area contributed by atoms with Crippen LogP contribution in [0.25, 0.3) is 0 Å². The lowest BCUT2D eigenvalue weighted by molar-refractivity contribution is 0.389. The largest absolute Gasteiger partial charge is 0.356 e. The van der Waals surface area contributed by atoms with Crippen molar-refractivity contribution in [3.05, 3.63) is 54.4 Å². The Hall–Kier alpha value is -1.57. The van der Waals surface area contributed by atoms with Crippen LogP contribution in [-0.2, 0) is 12.0 Å². The van der Waals surface area contributed by atoms with Crippen LogP contribution in [0.1, 0.15) is 32.3 Å². The van der Waals surface area contributed by atoms with E-state index in [1.165, 1.54) is 5.56 Å². The topological polar surface area (TPSA) is 54.2 Å². The number of hydrogen-bond donors (Lipinski definition) is 2. The third-order valence-corrected chi connectivity index (χ3v) is 4.75. The van der Waals surface area contributed by atoms with Crippen LogP contribution in [0.3, 0.4) is 0 Å². The van der Waals surface area contributed by atoms with Crippen LogP contribution < -0.4 is 10.6 Å². The molecule has 1 aromatic heterocycles. The Labute approximate surface area is 168 Å². The Morgan fingerprint density at radius 3 is 2.40 bits per heavy atom. The van der Waals surface area contributed by atoms with E-state index in [2.05, 4.69) is 64.9 Å². The molecule has 2 aromatic rings. The molecule has 0 saturated carbocycles. The molecule has 2 N–H and O–H groups in total. The third kappa shape index (κ3) is 6.02. The molecule has 0 aliphatic heterocycles. The molecular formula is C19H30IN5. The number of aromatic nitrogens is 2. The summed E-state index contributed by atoms with van der Waals surface area (Å²) in [6.07, 6.45) is 5.94. The summed E-state index contributed by atoms with van der Waals surface area (Å²) in [7, 11) is 1.81. The van der Waals surface area contributed by atoms with Crippen molar-refractivity contribution < 1.29 is 0 Å². The van der Waals surface area contributed by atoms with Crippen LogP contribution in [0.2, 0.25) is 0 Å². The quantitative estimate of drug-likeness (QED) is 0.365. The number of nitrogens with one attached hydrogen (secondary N) is 2. The van der Waals surface area contributed by atoms with Gasteiger partial charge in [0.1, 0.15) is 0 Å². The van der Waals surface area contributed by atoms with Gasteiger partial charge in [0.25, 0.3) is 0 Å². The molecule has 1 heterocycles. The van der Waals surface area contributed by atoms with Crippen molar-refractivity contribution >= 4 is 29.9 Å². The lowest BCUT2D eigenvalue weighted by atomic mass is 9.76. The predicted octanol–water partition coefficient (Wildman–Crippen LogP) is 3.42. The molecule has 25 heavy (non-hydrogen) atoms. The van der Waals surface area contributed by atoms with Gasteiger partial charge >= 0.3 is 0 Å². The number of nitrogens with zero attached hydrogens (tertiary/aromatic N) is 3. The normalized spacial score (nSPS) is 11.7. The zero-order chi connectivity index (χ0) is 17.3. The summed E-state index contributed by atoms with van der Waals surface area (Å²) in [6, 6.07) is 12.7. The van der Waals surface area contributed by atoms with Gasteiger partial charge in [0, 0.05) is 37.9 Å². The van der Waals surface area contributed by atoms with Crippen molar-refractivity contribution in [1.29, 1.82) is 0 Å². The summed E-state index contributed by atoms with van der Waals surface area (Å²) < 4.78 is 1.91. The van der Waals surface area contributed by atoms with Crippen LogP contribution >= 0.6 is 24.0 Å². The summed E-state index contributed by atoms with van der Waals surface area (Å²) in [5.74, 6) is 0.837. The van der Waals surface area contributed by atoms with Gasteiger partial charge in [0.2, 0.25) is 0 Å². The standard InChI is InChI=1S/C19H29N5.HI/c1-4-19(5-2,17-10-7-6-8-11-17)16-22-18(20-3)21-13-15-24-14-9-12-23-24;/h6-12,14H,4-5,13,15-16H2,1-3H3,(H2,20,21,22);1H. The van der Waals surface area contributed by atoms with Gasteiger partial charge in [-0.1, -0.05) is 44.2 Å². The van der Waals surface area contributed by atoms with Gasteiger partial charge in [-0.25, -0.2) is 0 Å². The van der Waals surface area contributed by atoms with Crippen molar-refractivity contribution in [2.75, 3.05) is 20.1 Å². The zero-order valence-electron chi connectivity index (χ0n) is 15.4. The average Bonchev–Trinajstić information content (AvgIpc) is 3.15. The molecule has 1 aromatic carbocycles. The minimum absolute atomic E-state index is 0. The number of benzene rings is 1. The maximum Gasteiger partial charge on any atom is 0.191 e. The highest BCUT2D eigenvalue weighted by molar-refractivity contribution is 14.0. The van der Waals surface area contributed by atoms with Gasteiger partial charge in [-0.3, -0.25) is 9.67 Å². The van der Waals surface area contributed by atoms with Gasteiger partial charge in [-0.05, 0) is 24.5 Å². The highest BCUT2D eigenvalue weighted by Gasteiger charge is 2.28. The third-order valence-electron chi connectivity index (χ3n) is 4.75. The molecule has 5 nitrogen and oxygen atoms in total. The fourth-order valence-corrected chi connectivity index (χ4v) is 3.00. The number of guanidine groups is 1. The van der Waals surface area contributed by atoms with Crippen molar-refractivity contribution in [3.8, 4) is 0 Å². The molecule has 6 heteroatoms. The van der Waals surface area contributed by atoms with Crippen molar-refractivity contribution in [1.82, 2.24) is 20.4 Å². The van der Waals surface area contributed by atoms with Crippen LogP contribution in [-0.4, -0.2) is 35.9 Å². The fourth-order valence-electron chi connectivity index (χ4n) is 3.00. The van der Waals surface area contributed by atoms with Crippen LogP contribution in [0.5, 0.6) is 0 Å². The number of aliphatic imine (C=N–C) groups is 1. The van der Waals surface area contributed by atoms with Gasteiger partial charge < -0.3 is 10.6 Å². The van der Waals surface area contributed by atoms with Crippen molar-refractivity contribution in [2.24, 2.45) is 4.99 Å². The van der Waals surface area contributed by atoms with Crippen LogP contribution in [0.4, 0.5) is 0 Å². The van der Waals surface area contributed by atoms with E-state index in [4.69, 9.17) is 0 Å². The molecule has 0 saturated heterocycles. The van der Waals surface area contributed by atoms with Gasteiger partial charge in [0.15, 0.2) is 5.96 Å². The molecule has 0 aliphatic rings. The lowest BCUT2D eigenvalue weighted by Gasteiger charge is -2.33. The average molecular weight is 455 g/mol. The Morgan fingerprint density at radius 1 is 1.12 bits per heavy atom. The van der Waals surface area contributed by atoms with E-state index >= 15 is 0 Å². The summed E-state index contributed by atoms with van der Waals surface area (Å²) in [4.78, 5) is 4.34. The smallest absolute Gasteiger partial charge is 0.191 e. The molecule has 138 valence electrons. The molecule has 0 amide bonds. The summed E-state index contributed by atoms with van der Waals surface area (Å²) in [5, 5.41) is 11.1. The Kier molecular flexibility index (Phi) is 9.55. The highest BCUT2D eigenvalue weighted by atomic mass is 127. The molecule has 0 atom stereocenters. The number of hydrogen-bond acceptors (Lipinski definition) is 2. The predicted molar refractivity (Wildman–Crippen MR) is 116 cm³/mol. The van der Waals surface area contributed by atoms with Gasteiger partial charge in [-0.15, -0.1) is 24.0 Å². The summed E-state index contributed by atoms with van der Waals surface area (Å²) in [5.41, 5.74) is 1.51. The van der Waals surface area contributed by atoms with Crippen LogP contribution in [0, 0.1) is 0 Å². The molecule has 0 spiro atoms. The van der Waals surface area contributed by atoms with E-state index in [1.54, 1.807) is 6.20 Å². The molecule has 0 bridgehead atoms. The summed E-state index contributed by atoms with van der Waals surface area (Å²) in [6.45, 7) is 6.99. The van der Waals surface area contributed by atoms with E-state index < -0.39 is 0 Å². The van der Waals surface area contributed by atoms with Crippen molar-refractivity contribution in [3.63, 3.8) is 0 Å². The molecule has 0 aliphatic carbocycles. The molecule has 0 radical (unpaired) electrons. The van der Waals surface area contributed by atoms with Crippen LogP contribution in [0.15, 0.2) is 53.8 Å². The summed E-state index contributed by atoms with van der Waals surface area (Å²) >= 11 is 0. The Morgan fingerprint density at radius 2 is 1.84 bits per heavy atom. The van der Waals surface area contributed by atoms with E-state index in [1.807, 2.05) is 24.0 Å². The maximum atomic E-state index is 4.34. The van der Waals surface area contributed by atoms with E-state index in [9.17, 15) is 0 Å². The molecule has 0 fully saturated rings. The maximum absolute atomic E-state index is 4.34. The second kappa shape index (κ2) is 11.1. The minimum atomic E-state index is 0. The van der Waals surface area contributed by atoms with E-state index in [0.29, 0.717) is 0 Å². The highest BCUT2D eigenvalue weighted by Crippen LogP contribution is 2.30. The van der Waals surface area contributed by atoms with Gasteiger partial charge in [0.05, 0.1) is 6.54 Å². The Balaban J connectivity index is 0.00000312. The van der Waals surface area contributed by atoms with E-state index in [0.717, 1.165) is 38.4 Å². The SMILES string of the molecule is CCC(CC)(CNC(=NC)NCCn1cccn1)c1ccccc1.I. The second-order valence-electron chi connectivity index (χ2n) is 5.98. The Bertz CT molecular complexity index is 606. The minimum Gasteiger partial charge on any atom is -0.356 e. The lowest BCUT2D eigenvalue weighted by Crippen LogP contribution is -2.46. The molecular weight excluding hydrogens is 425 g/mol. The number of halogens is 1. The molecule has 2 rings (SSSR count). The van der Waals surface area contributed by atoms with E-state index in [-0.39, 0.29) is 29.4 Å². The fraction of sp³-hybridized carbons (Fsp3) is 0.474. The first-order valence-electron chi connectivity index (χ1n) is 8.71. The number of rotatable bonds is 8. The first-order valence-corrected chi connectivity index (χ1v) is 8.71. The van der Waals surface area contributed by atoms with Crippen molar-refractivity contribution in [2.45, 2.75) is 38.6 Å².